The highest BCUT2D eigenvalue weighted by atomic mass is 35.5. The Bertz CT molecular complexity index is 929. The van der Waals surface area contributed by atoms with Crippen LogP contribution in [0.2, 0.25) is 5.02 Å². The van der Waals surface area contributed by atoms with Crippen LogP contribution in [0.5, 0.6) is 5.75 Å². The molecule has 2 heterocycles. The second kappa shape index (κ2) is 7.68. The average Bonchev–Trinajstić information content (AvgIpc) is 2.66. The summed E-state index contributed by atoms with van der Waals surface area (Å²) < 4.78 is 19.7. The molecule has 0 atom stereocenters. The van der Waals surface area contributed by atoms with Crippen LogP contribution in [0.25, 0.3) is 10.9 Å². The first-order valence-corrected chi connectivity index (χ1v) is 9.94. The molecule has 4 nitrogen and oxygen atoms in total. The fourth-order valence-electron chi connectivity index (χ4n) is 2.96. The first-order chi connectivity index (χ1) is 12.7. The Morgan fingerprint density at radius 2 is 2.00 bits per heavy atom. The van der Waals surface area contributed by atoms with E-state index in [1.165, 1.54) is 18.5 Å². The van der Waals surface area contributed by atoms with Crippen molar-refractivity contribution in [3.05, 3.63) is 53.6 Å². The second-order valence-electron chi connectivity index (χ2n) is 6.06. The van der Waals surface area contributed by atoms with E-state index in [1.807, 2.05) is 30.0 Å². The summed E-state index contributed by atoms with van der Waals surface area (Å²) in [5.41, 5.74) is 1.44. The third kappa shape index (κ3) is 3.71. The maximum Gasteiger partial charge on any atom is 0.145 e. The zero-order chi connectivity index (χ0) is 17.9. The summed E-state index contributed by atoms with van der Waals surface area (Å²) in [6.45, 7) is 0. The van der Waals surface area contributed by atoms with Gasteiger partial charge in [-0.15, -0.1) is 0 Å². The van der Waals surface area contributed by atoms with E-state index in [0.717, 1.165) is 41.0 Å². The van der Waals surface area contributed by atoms with E-state index >= 15 is 0 Å². The lowest BCUT2D eigenvalue weighted by Crippen LogP contribution is -2.22. The average molecular weight is 390 g/mol. The van der Waals surface area contributed by atoms with Gasteiger partial charge in [-0.1, -0.05) is 17.7 Å². The largest absolute Gasteiger partial charge is 0.490 e. The molecule has 134 valence electrons. The monoisotopic (exact) mass is 389 g/mol. The fourth-order valence-corrected chi connectivity index (χ4v) is 4.20. The van der Waals surface area contributed by atoms with Crippen LogP contribution in [0.1, 0.15) is 12.8 Å². The Labute approximate surface area is 160 Å². The van der Waals surface area contributed by atoms with Crippen LogP contribution in [-0.2, 0) is 0 Å². The van der Waals surface area contributed by atoms with Crippen LogP contribution in [0.4, 0.5) is 15.9 Å². The van der Waals surface area contributed by atoms with Crippen LogP contribution in [0.3, 0.4) is 0 Å². The van der Waals surface area contributed by atoms with E-state index in [1.54, 1.807) is 6.07 Å². The number of halogens is 2. The summed E-state index contributed by atoms with van der Waals surface area (Å²) in [4.78, 5) is 8.71. The summed E-state index contributed by atoms with van der Waals surface area (Å²) in [5.74, 6) is 3.15. The third-order valence-corrected chi connectivity index (χ3v) is 5.61. The minimum atomic E-state index is -0.455. The SMILES string of the molecule is Fc1ccc(Nc2ncnc3cccc(OC4CCSCC4)c23)cc1Cl. The highest BCUT2D eigenvalue weighted by molar-refractivity contribution is 7.99. The van der Waals surface area contributed by atoms with Crippen molar-refractivity contribution in [3.8, 4) is 5.75 Å². The third-order valence-electron chi connectivity index (χ3n) is 4.27. The van der Waals surface area contributed by atoms with E-state index in [0.29, 0.717) is 11.5 Å². The van der Waals surface area contributed by atoms with Gasteiger partial charge in [-0.3, -0.25) is 0 Å². The topological polar surface area (TPSA) is 47.0 Å². The van der Waals surface area contributed by atoms with Gasteiger partial charge in [0.25, 0.3) is 0 Å². The fraction of sp³-hybridized carbons (Fsp3) is 0.263. The van der Waals surface area contributed by atoms with Crippen molar-refractivity contribution in [2.75, 3.05) is 16.8 Å². The van der Waals surface area contributed by atoms with Crippen molar-refractivity contribution < 1.29 is 9.13 Å². The number of nitrogens with zero attached hydrogens (tertiary/aromatic N) is 2. The molecule has 1 saturated heterocycles. The first kappa shape index (κ1) is 17.4. The minimum absolute atomic E-state index is 0.0598. The number of hydrogen-bond donors (Lipinski definition) is 1. The molecule has 0 unspecified atom stereocenters. The van der Waals surface area contributed by atoms with E-state index < -0.39 is 5.82 Å². The molecule has 1 N–H and O–H groups in total. The van der Waals surface area contributed by atoms with Crippen LogP contribution in [0, 0.1) is 5.82 Å². The molecule has 0 radical (unpaired) electrons. The molecular weight excluding hydrogens is 373 g/mol. The Kier molecular flexibility index (Phi) is 5.13. The summed E-state index contributed by atoms with van der Waals surface area (Å²) in [6.07, 6.45) is 3.77. The summed E-state index contributed by atoms with van der Waals surface area (Å²) in [7, 11) is 0. The number of benzene rings is 2. The number of nitrogens with one attached hydrogen (secondary N) is 1. The quantitative estimate of drug-likeness (QED) is 0.643. The van der Waals surface area contributed by atoms with E-state index in [4.69, 9.17) is 16.3 Å². The molecule has 0 aliphatic carbocycles. The Balaban J connectivity index is 1.70. The van der Waals surface area contributed by atoms with Gasteiger partial charge in [-0.2, -0.15) is 11.8 Å². The van der Waals surface area contributed by atoms with Gasteiger partial charge in [0, 0.05) is 5.69 Å². The Hall–Kier alpha value is -2.05. The van der Waals surface area contributed by atoms with Gasteiger partial charge >= 0.3 is 0 Å². The lowest BCUT2D eigenvalue weighted by molar-refractivity contribution is 0.195. The molecule has 0 spiro atoms. The molecule has 0 amide bonds. The van der Waals surface area contributed by atoms with Gasteiger partial charge in [0.2, 0.25) is 0 Å². The maximum absolute atomic E-state index is 13.4. The zero-order valence-corrected chi connectivity index (χ0v) is 15.5. The molecule has 2 aromatic carbocycles. The second-order valence-corrected chi connectivity index (χ2v) is 7.69. The summed E-state index contributed by atoms with van der Waals surface area (Å²) in [6, 6.07) is 10.3. The van der Waals surface area contributed by atoms with Gasteiger partial charge in [0.05, 0.1) is 15.9 Å². The van der Waals surface area contributed by atoms with Gasteiger partial charge in [0.1, 0.15) is 29.8 Å². The number of hydrogen-bond acceptors (Lipinski definition) is 5. The minimum Gasteiger partial charge on any atom is -0.490 e. The summed E-state index contributed by atoms with van der Waals surface area (Å²) >= 11 is 7.84. The van der Waals surface area contributed by atoms with Crippen molar-refractivity contribution >= 4 is 45.8 Å². The molecule has 1 aliphatic rings. The number of fused-ring (bicyclic) bond motifs is 1. The smallest absolute Gasteiger partial charge is 0.145 e. The van der Waals surface area contributed by atoms with Crippen molar-refractivity contribution in [1.82, 2.24) is 9.97 Å². The molecule has 4 rings (SSSR count). The molecule has 1 aromatic heterocycles. The standard InChI is InChI=1S/C19H17ClFN3OS/c20-14-10-12(4-5-15(14)21)24-19-18-16(22-11-23-19)2-1-3-17(18)25-13-6-8-26-9-7-13/h1-5,10-11,13H,6-9H2,(H,22,23,24). The Morgan fingerprint density at radius 3 is 2.81 bits per heavy atom. The van der Waals surface area contributed by atoms with Gasteiger partial charge in [0.15, 0.2) is 0 Å². The van der Waals surface area contributed by atoms with Crippen molar-refractivity contribution in [2.24, 2.45) is 0 Å². The molecule has 0 bridgehead atoms. The van der Waals surface area contributed by atoms with Crippen LogP contribution >= 0.6 is 23.4 Å². The van der Waals surface area contributed by atoms with Crippen molar-refractivity contribution in [1.29, 1.82) is 0 Å². The number of ether oxygens (including phenoxy) is 1. The predicted molar refractivity (Wildman–Crippen MR) is 105 cm³/mol. The van der Waals surface area contributed by atoms with Crippen LogP contribution < -0.4 is 10.1 Å². The lowest BCUT2D eigenvalue weighted by atomic mass is 10.1. The molecular formula is C19H17ClFN3OS. The van der Waals surface area contributed by atoms with Gasteiger partial charge in [-0.25, -0.2) is 14.4 Å². The highest BCUT2D eigenvalue weighted by Crippen LogP contribution is 2.34. The number of anilines is 2. The van der Waals surface area contributed by atoms with E-state index in [-0.39, 0.29) is 11.1 Å². The van der Waals surface area contributed by atoms with Gasteiger partial charge < -0.3 is 10.1 Å². The number of aromatic nitrogens is 2. The number of rotatable bonds is 4. The predicted octanol–water partition coefficient (Wildman–Crippen LogP) is 5.44. The van der Waals surface area contributed by atoms with E-state index in [2.05, 4.69) is 15.3 Å². The zero-order valence-electron chi connectivity index (χ0n) is 13.9. The molecule has 1 fully saturated rings. The van der Waals surface area contributed by atoms with Crippen molar-refractivity contribution in [3.63, 3.8) is 0 Å². The van der Waals surface area contributed by atoms with Gasteiger partial charge in [-0.05, 0) is 54.7 Å². The molecule has 0 saturated carbocycles. The Morgan fingerprint density at radius 1 is 1.15 bits per heavy atom. The maximum atomic E-state index is 13.4. The molecule has 1 aliphatic heterocycles. The normalized spacial score (nSPS) is 15.2. The molecule has 3 aromatic rings. The highest BCUT2D eigenvalue weighted by Gasteiger charge is 2.18. The summed E-state index contributed by atoms with van der Waals surface area (Å²) in [5, 5.41) is 4.08. The number of thioether (sulfide) groups is 1. The van der Waals surface area contributed by atoms with Crippen LogP contribution in [-0.4, -0.2) is 27.6 Å². The first-order valence-electron chi connectivity index (χ1n) is 8.41. The van der Waals surface area contributed by atoms with Crippen LogP contribution in [0.15, 0.2) is 42.7 Å². The van der Waals surface area contributed by atoms with Crippen molar-refractivity contribution in [2.45, 2.75) is 18.9 Å². The molecule has 26 heavy (non-hydrogen) atoms. The lowest BCUT2D eigenvalue weighted by Gasteiger charge is -2.23. The van der Waals surface area contributed by atoms with E-state index in [9.17, 15) is 4.39 Å². The molecule has 7 heteroatoms.